The van der Waals surface area contributed by atoms with Crippen LogP contribution in [0.2, 0.25) is 0 Å². The third kappa shape index (κ3) is 8.09. The zero-order chi connectivity index (χ0) is 21.3. The van der Waals surface area contributed by atoms with Crippen molar-refractivity contribution < 1.29 is 22.7 Å². The van der Waals surface area contributed by atoms with Crippen LogP contribution in [0.4, 0.5) is 13.2 Å². The number of guanidine groups is 1. The van der Waals surface area contributed by atoms with Gasteiger partial charge in [-0.1, -0.05) is 12.1 Å². The molecule has 0 spiro atoms. The molecule has 0 bridgehead atoms. The molecule has 0 fully saturated rings. The van der Waals surface area contributed by atoms with Gasteiger partial charge in [0.2, 0.25) is 0 Å². The minimum atomic E-state index is -4.42. The predicted octanol–water partition coefficient (Wildman–Crippen LogP) is 3.43. The number of nitrogens with one attached hydrogen (secondary N) is 3. The largest absolute Gasteiger partial charge is 0.497 e. The molecule has 0 radical (unpaired) electrons. The lowest BCUT2D eigenvalue weighted by Crippen LogP contribution is -2.41. The first-order valence-corrected chi connectivity index (χ1v) is 8.86. The van der Waals surface area contributed by atoms with Gasteiger partial charge in [-0.3, -0.25) is 9.79 Å². The van der Waals surface area contributed by atoms with Gasteiger partial charge in [0.05, 0.1) is 12.7 Å². The first-order chi connectivity index (χ1) is 13.8. The van der Waals surface area contributed by atoms with Crippen LogP contribution in [0.3, 0.4) is 0 Å². The van der Waals surface area contributed by atoms with Gasteiger partial charge in [0, 0.05) is 32.2 Å². The quantitative estimate of drug-likeness (QED) is 0.220. The fraction of sp³-hybridized carbons (Fsp3) is 0.300. The number of nitrogens with zero attached hydrogens (tertiary/aromatic N) is 1. The van der Waals surface area contributed by atoms with Crippen molar-refractivity contribution in [3.63, 3.8) is 0 Å². The summed E-state index contributed by atoms with van der Waals surface area (Å²) in [6.45, 7) is 1.24. The predicted molar refractivity (Wildman–Crippen MR) is 120 cm³/mol. The molecule has 0 atom stereocenters. The van der Waals surface area contributed by atoms with Crippen LogP contribution < -0.4 is 20.7 Å². The Morgan fingerprint density at radius 2 is 1.57 bits per heavy atom. The van der Waals surface area contributed by atoms with E-state index >= 15 is 0 Å². The monoisotopic (exact) mass is 536 g/mol. The number of benzene rings is 2. The first kappa shape index (κ1) is 25.5. The van der Waals surface area contributed by atoms with E-state index in [-0.39, 0.29) is 36.1 Å². The second-order valence-corrected chi connectivity index (χ2v) is 6.03. The van der Waals surface area contributed by atoms with Crippen molar-refractivity contribution in [1.29, 1.82) is 0 Å². The van der Waals surface area contributed by atoms with E-state index in [0.717, 1.165) is 35.6 Å². The minimum absolute atomic E-state index is 0. The molecular weight excluding hydrogens is 512 g/mol. The zero-order valence-corrected chi connectivity index (χ0v) is 18.9. The number of aliphatic imine (C=N–C) groups is 1. The van der Waals surface area contributed by atoms with Gasteiger partial charge in [0.1, 0.15) is 5.75 Å². The molecule has 0 unspecified atom stereocenters. The van der Waals surface area contributed by atoms with Crippen LogP contribution in [0.1, 0.15) is 21.5 Å². The number of hydrogen-bond donors (Lipinski definition) is 3. The van der Waals surface area contributed by atoms with E-state index in [2.05, 4.69) is 20.9 Å². The summed E-state index contributed by atoms with van der Waals surface area (Å²) < 4.78 is 42.8. The molecule has 0 saturated carbocycles. The van der Waals surface area contributed by atoms with Crippen LogP contribution in [0, 0.1) is 0 Å². The van der Waals surface area contributed by atoms with E-state index in [1.807, 2.05) is 24.3 Å². The molecular formula is C20H24F3IN4O2. The van der Waals surface area contributed by atoms with Gasteiger partial charge in [0.25, 0.3) is 5.91 Å². The van der Waals surface area contributed by atoms with Gasteiger partial charge in [-0.2, -0.15) is 13.2 Å². The number of hydrogen-bond acceptors (Lipinski definition) is 3. The number of methoxy groups -OCH3 is 1. The normalized spacial score (nSPS) is 11.3. The van der Waals surface area contributed by atoms with Crippen LogP contribution in [0.25, 0.3) is 0 Å². The summed E-state index contributed by atoms with van der Waals surface area (Å²) in [5.74, 6) is 0.895. The van der Waals surface area contributed by atoms with Crippen molar-refractivity contribution in [2.45, 2.75) is 12.7 Å². The number of amides is 1. The van der Waals surface area contributed by atoms with Crippen LogP contribution in [-0.2, 0) is 12.7 Å². The maximum Gasteiger partial charge on any atom is 0.416 e. The lowest BCUT2D eigenvalue weighted by molar-refractivity contribution is -0.137. The molecule has 3 N–H and O–H groups in total. The molecule has 0 aliphatic heterocycles. The molecule has 6 nitrogen and oxygen atoms in total. The van der Waals surface area contributed by atoms with Crippen molar-refractivity contribution in [1.82, 2.24) is 16.0 Å². The highest BCUT2D eigenvalue weighted by Gasteiger charge is 2.30. The van der Waals surface area contributed by atoms with E-state index in [1.165, 1.54) is 0 Å². The molecule has 0 aliphatic carbocycles. The van der Waals surface area contributed by atoms with Crippen molar-refractivity contribution in [3.8, 4) is 5.75 Å². The molecule has 0 saturated heterocycles. The highest BCUT2D eigenvalue weighted by Crippen LogP contribution is 2.29. The number of rotatable bonds is 7. The maximum atomic E-state index is 12.6. The minimum Gasteiger partial charge on any atom is -0.497 e. The average Bonchev–Trinajstić information content (AvgIpc) is 2.73. The Hall–Kier alpha value is -2.50. The fourth-order valence-corrected chi connectivity index (χ4v) is 2.42. The molecule has 164 valence electrons. The van der Waals surface area contributed by atoms with E-state index in [0.29, 0.717) is 19.0 Å². The Morgan fingerprint density at radius 3 is 2.10 bits per heavy atom. The van der Waals surface area contributed by atoms with Crippen molar-refractivity contribution in [2.24, 2.45) is 4.99 Å². The molecule has 10 heteroatoms. The molecule has 0 aromatic heterocycles. The number of ether oxygens (including phenoxy) is 1. The topological polar surface area (TPSA) is 74.8 Å². The van der Waals surface area contributed by atoms with E-state index in [4.69, 9.17) is 4.74 Å². The number of alkyl halides is 3. The Bertz CT molecular complexity index is 825. The molecule has 2 aromatic rings. The summed E-state index contributed by atoms with van der Waals surface area (Å²) in [6.07, 6.45) is -4.42. The summed E-state index contributed by atoms with van der Waals surface area (Å²) in [5.41, 5.74) is 0.423. The standard InChI is InChI=1S/C20H23F3N4O2.HI/c1-24-19(27-13-14-3-9-17(29-2)10-4-14)26-12-11-25-18(28)15-5-7-16(8-6-15)20(21,22)23;/h3-10H,11-13H2,1-2H3,(H,25,28)(H2,24,26,27);1H. The molecule has 30 heavy (non-hydrogen) atoms. The summed E-state index contributed by atoms with van der Waals surface area (Å²) in [6, 6.07) is 11.7. The Kier molecular flexibility index (Phi) is 10.4. The van der Waals surface area contributed by atoms with Gasteiger partial charge in [0.15, 0.2) is 5.96 Å². The van der Waals surface area contributed by atoms with E-state index < -0.39 is 17.6 Å². The molecule has 0 aliphatic rings. The van der Waals surface area contributed by atoms with Gasteiger partial charge >= 0.3 is 6.18 Å². The zero-order valence-electron chi connectivity index (χ0n) is 16.5. The molecule has 1 amide bonds. The smallest absolute Gasteiger partial charge is 0.416 e. The highest BCUT2D eigenvalue weighted by atomic mass is 127. The van der Waals surface area contributed by atoms with Gasteiger partial charge in [-0.25, -0.2) is 0 Å². The SMILES string of the molecule is CN=C(NCCNC(=O)c1ccc(C(F)(F)F)cc1)NCc1ccc(OC)cc1.I. The lowest BCUT2D eigenvalue weighted by atomic mass is 10.1. The summed E-state index contributed by atoms with van der Waals surface area (Å²) in [4.78, 5) is 16.1. The first-order valence-electron chi connectivity index (χ1n) is 8.86. The average molecular weight is 536 g/mol. The Labute approximate surface area is 190 Å². The molecule has 2 aromatic carbocycles. The van der Waals surface area contributed by atoms with Crippen LogP contribution in [0.15, 0.2) is 53.5 Å². The second-order valence-electron chi connectivity index (χ2n) is 6.03. The van der Waals surface area contributed by atoms with E-state index in [1.54, 1.807) is 14.2 Å². The number of carbonyl (C=O) groups is 1. The Morgan fingerprint density at radius 1 is 0.967 bits per heavy atom. The van der Waals surface area contributed by atoms with Crippen LogP contribution in [0.5, 0.6) is 5.75 Å². The van der Waals surface area contributed by atoms with Gasteiger partial charge in [-0.15, -0.1) is 24.0 Å². The van der Waals surface area contributed by atoms with Crippen LogP contribution in [-0.4, -0.2) is 39.1 Å². The van der Waals surface area contributed by atoms with Crippen LogP contribution >= 0.6 is 24.0 Å². The van der Waals surface area contributed by atoms with Crippen molar-refractivity contribution in [3.05, 3.63) is 65.2 Å². The second kappa shape index (κ2) is 12.3. The summed E-state index contributed by atoms with van der Waals surface area (Å²) >= 11 is 0. The maximum absolute atomic E-state index is 12.6. The highest BCUT2D eigenvalue weighted by molar-refractivity contribution is 14.0. The fourth-order valence-electron chi connectivity index (χ4n) is 2.42. The Balaban J connectivity index is 0.00000450. The summed E-state index contributed by atoms with van der Waals surface area (Å²) in [5, 5.41) is 8.83. The lowest BCUT2D eigenvalue weighted by Gasteiger charge is -2.13. The number of carbonyl (C=O) groups excluding carboxylic acids is 1. The van der Waals surface area contributed by atoms with E-state index in [9.17, 15) is 18.0 Å². The third-order valence-electron chi connectivity index (χ3n) is 4.02. The van der Waals surface area contributed by atoms with Crippen molar-refractivity contribution >= 4 is 35.8 Å². The van der Waals surface area contributed by atoms with Crippen molar-refractivity contribution in [2.75, 3.05) is 27.2 Å². The van der Waals surface area contributed by atoms with Gasteiger partial charge < -0.3 is 20.7 Å². The summed E-state index contributed by atoms with van der Waals surface area (Å²) in [7, 11) is 3.24. The van der Waals surface area contributed by atoms with Gasteiger partial charge in [-0.05, 0) is 42.0 Å². The molecule has 0 heterocycles. The molecule has 2 rings (SSSR count). The third-order valence-corrected chi connectivity index (χ3v) is 4.02. The number of halogens is 4.